The van der Waals surface area contributed by atoms with Crippen LogP contribution in [0.1, 0.15) is 11.3 Å². The van der Waals surface area contributed by atoms with Gasteiger partial charge in [-0.1, -0.05) is 23.7 Å². The highest BCUT2D eigenvalue weighted by molar-refractivity contribution is 8.32. The second-order valence-electron chi connectivity index (χ2n) is 5.78. The second kappa shape index (κ2) is 7.14. The zero-order valence-corrected chi connectivity index (χ0v) is 14.2. The van der Waals surface area contributed by atoms with Gasteiger partial charge in [-0.05, 0) is 36.5 Å². The number of rotatable bonds is 6. The molecule has 2 aromatic heterocycles. The molecule has 0 bridgehead atoms. The number of hydrogen-bond acceptors (Lipinski definition) is 3. The lowest BCUT2D eigenvalue weighted by molar-refractivity contribution is 0.329. The molecule has 0 atom stereocenters. The van der Waals surface area contributed by atoms with Gasteiger partial charge in [0.25, 0.3) is 0 Å². The van der Waals surface area contributed by atoms with Crippen molar-refractivity contribution >= 4 is 21.6 Å². The molecule has 0 N–H and O–H groups in total. The number of halogens is 1. The zero-order valence-electron chi connectivity index (χ0n) is 12.7. The van der Waals surface area contributed by atoms with Crippen LogP contribution in [-0.2, 0) is 6.42 Å². The molecule has 0 saturated heterocycles. The SMILES string of the molecule is CS(C)(C)CCOc1cccc(Cc2ccc(Cl)nc2)n1. The quantitative estimate of drug-likeness (QED) is 0.758. The van der Waals surface area contributed by atoms with Crippen molar-refractivity contribution in [1.29, 1.82) is 0 Å². The molecule has 0 aliphatic carbocycles. The van der Waals surface area contributed by atoms with Crippen molar-refractivity contribution in [3.05, 3.63) is 52.9 Å². The average molecular weight is 325 g/mol. The maximum absolute atomic E-state index is 5.79. The fourth-order valence-corrected chi connectivity index (χ4v) is 2.45. The van der Waals surface area contributed by atoms with Crippen molar-refractivity contribution in [2.24, 2.45) is 0 Å². The fraction of sp³-hybridized carbons (Fsp3) is 0.375. The molecule has 2 rings (SSSR count). The summed E-state index contributed by atoms with van der Waals surface area (Å²) in [7, 11) is -0.531. The van der Waals surface area contributed by atoms with Crippen molar-refractivity contribution in [3.8, 4) is 5.88 Å². The largest absolute Gasteiger partial charge is 0.477 e. The maximum atomic E-state index is 5.79. The van der Waals surface area contributed by atoms with E-state index < -0.39 is 10.0 Å². The van der Waals surface area contributed by atoms with Crippen LogP contribution in [0.25, 0.3) is 0 Å². The molecule has 21 heavy (non-hydrogen) atoms. The Kier molecular flexibility index (Phi) is 5.48. The third kappa shape index (κ3) is 5.94. The van der Waals surface area contributed by atoms with Gasteiger partial charge in [-0.25, -0.2) is 20.0 Å². The molecule has 0 saturated carbocycles. The molecule has 2 aromatic rings. The van der Waals surface area contributed by atoms with Gasteiger partial charge < -0.3 is 4.74 Å². The summed E-state index contributed by atoms with van der Waals surface area (Å²) in [6.07, 6.45) is 9.36. The summed E-state index contributed by atoms with van der Waals surface area (Å²) in [5.74, 6) is 1.78. The van der Waals surface area contributed by atoms with Crippen LogP contribution < -0.4 is 4.74 Å². The monoisotopic (exact) mass is 324 g/mol. The van der Waals surface area contributed by atoms with E-state index in [4.69, 9.17) is 16.3 Å². The summed E-state index contributed by atoms with van der Waals surface area (Å²) >= 11 is 5.79. The van der Waals surface area contributed by atoms with Crippen LogP contribution in [0.15, 0.2) is 36.5 Å². The summed E-state index contributed by atoms with van der Waals surface area (Å²) in [5.41, 5.74) is 2.06. The smallest absolute Gasteiger partial charge is 0.213 e. The highest BCUT2D eigenvalue weighted by atomic mass is 35.5. The Bertz CT molecular complexity index is 582. The molecule has 0 fully saturated rings. The molecule has 0 unspecified atom stereocenters. The van der Waals surface area contributed by atoms with Gasteiger partial charge in [0, 0.05) is 30.1 Å². The Morgan fingerprint density at radius 3 is 2.62 bits per heavy atom. The van der Waals surface area contributed by atoms with E-state index in [0.717, 1.165) is 30.0 Å². The number of ether oxygens (including phenoxy) is 1. The minimum Gasteiger partial charge on any atom is -0.477 e. The first kappa shape index (κ1) is 16.1. The Hall–Kier alpha value is -1.26. The molecule has 0 spiro atoms. The predicted molar refractivity (Wildman–Crippen MR) is 92.0 cm³/mol. The summed E-state index contributed by atoms with van der Waals surface area (Å²) in [6, 6.07) is 9.64. The molecule has 5 heteroatoms. The molecular weight excluding hydrogens is 304 g/mol. The van der Waals surface area contributed by atoms with Crippen LogP contribution in [0, 0.1) is 0 Å². The van der Waals surface area contributed by atoms with E-state index >= 15 is 0 Å². The van der Waals surface area contributed by atoms with E-state index in [9.17, 15) is 0 Å². The third-order valence-electron chi connectivity index (χ3n) is 2.90. The lowest BCUT2D eigenvalue weighted by atomic mass is 10.1. The first-order valence-corrected chi connectivity index (χ1v) is 10.2. The summed E-state index contributed by atoms with van der Waals surface area (Å²) in [6.45, 7) is 0.720. The number of aromatic nitrogens is 2. The van der Waals surface area contributed by atoms with E-state index in [0.29, 0.717) is 11.0 Å². The summed E-state index contributed by atoms with van der Waals surface area (Å²) < 4.78 is 5.75. The van der Waals surface area contributed by atoms with Gasteiger partial charge in [-0.15, -0.1) is 0 Å². The molecule has 0 radical (unpaired) electrons. The fourth-order valence-electron chi connectivity index (χ4n) is 1.75. The number of nitrogens with zero attached hydrogens (tertiary/aromatic N) is 2. The Labute approximate surface area is 133 Å². The standard InChI is InChI=1S/C16H21ClN2OS/c1-21(2,3)10-9-20-16-6-4-5-14(19-16)11-13-7-8-15(17)18-12-13/h4-8,12H,9-11H2,1-3H3. The normalized spacial score (nSPS) is 12.2. The molecule has 2 heterocycles. The molecule has 114 valence electrons. The number of pyridine rings is 2. The van der Waals surface area contributed by atoms with Crippen LogP contribution in [0.5, 0.6) is 5.88 Å². The van der Waals surface area contributed by atoms with Crippen LogP contribution in [0.3, 0.4) is 0 Å². The van der Waals surface area contributed by atoms with Crippen molar-refractivity contribution in [2.75, 3.05) is 31.1 Å². The van der Waals surface area contributed by atoms with Crippen LogP contribution >= 0.6 is 21.6 Å². The van der Waals surface area contributed by atoms with Gasteiger partial charge in [-0.3, -0.25) is 0 Å². The van der Waals surface area contributed by atoms with Gasteiger partial charge in [-0.2, -0.15) is 0 Å². The molecule has 3 nitrogen and oxygen atoms in total. The van der Waals surface area contributed by atoms with Crippen LogP contribution in [0.4, 0.5) is 0 Å². The van der Waals surface area contributed by atoms with Crippen LogP contribution in [-0.4, -0.2) is 41.1 Å². The summed E-state index contributed by atoms with van der Waals surface area (Å²) in [5, 5.41) is 0.508. The second-order valence-corrected chi connectivity index (χ2v) is 10.8. The predicted octanol–water partition coefficient (Wildman–Crippen LogP) is 3.79. The van der Waals surface area contributed by atoms with Gasteiger partial charge in [0.2, 0.25) is 5.88 Å². The maximum Gasteiger partial charge on any atom is 0.213 e. The van der Waals surface area contributed by atoms with E-state index in [1.54, 1.807) is 12.3 Å². The van der Waals surface area contributed by atoms with Gasteiger partial charge in [0.15, 0.2) is 0 Å². The minimum atomic E-state index is -0.531. The minimum absolute atomic E-state index is 0.508. The highest BCUT2D eigenvalue weighted by Crippen LogP contribution is 2.33. The Morgan fingerprint density at radius 2 is 1.95 bits per heavy atom. The Balaban J connectivity index is 1.96. The molecule has 0 aromatic carbocycles. The molecule has 0 amide bonds. The first-order chi connectivity index (χ1) is 9.92. The van der Waals surface area contributed by atoms with E-state index in [1.807, 2.05) is 24.3 Å². The Morgan fingerprint density at radius 1 is 1.14 bits per heavy atom. The molecule has 0 aliphatic rings. The highest BCUT2D eigenvalue weighted by Gasteiger charge is 2.05. The summed E-state index contributed by atoms with van der Waals surface area (Å²) in [4.78, 5) is 8.62. The van der Waals surface area contributed by atoms with Crippen molar-refractivity contribution in [3.63, 3.8) is 0 Å². The van der Waals surface area contributed by atoms with Crippen LogP contribution in [0.2, 0.25) is 5.15 Å². The van der Waals surface area contributed by atoms with E-state index in [1.165, 1.54) is 0 Å². The topological polar surface area (TPSA) is 35.0 Å². The van der Waals surface area contributed by atoms with Gasteiger partial charge in [0.1, 0.15) is 5.15 Å². The van der Waals surface area contributed by atoms with Crippen molar-refractivity contribution in [2.45, 2.75) is 6.42 Å². The van der Waals surface area contributed by atoms with Gasteiger partial charge >= 0.3 is 0 Å². The lowest BCUT2D eigenvalue weighted by Gasteiger charge is -2.24. The molecule has 0 aliphatic heterocycles. The zero-order chi connectivity index (χ0) is 15.3. The van der Waals surface area contributed by atoms with Crippen molar-refractivity contribution < 1.29 is 4.74 Å². The number of hydrogen-bond donors (Lipinski definition) is 0. The third-order valence-corrected chi connectivity index (χ3v) is 4.52. The molecular formula is C16H21ClN2OS. The average Bonchev–Trinajstić information content (AvgIpc) is 2.40. The lowest BCUT2D eigenvalue weighted by Crippen LogP contribution is -2.10. The van der Waals surface area contributed by atoms with Gasteiger partial charge in [0.05, 0.1) is 6.61 Å². The van der Waals surface area contributed by atoms with Crippen molar-refractivity contribution in [1.82, 2.24) is 9.97 Å². The van der Waals surface area contributed by atoms with E-state index in [2.05, 4.69) is 28.7 Å². The van der Waals surface area contributed by atoms with E-state index in [-0.39, 0.29) is 0 Å². The first-order valence-electron chi connectivity index (χ1n) is 6.77.